The zero-order valence-electron chi connectivity index (χ0n) is 16.5. The number of morpholine rings is 1. The number of nitrogens with one attached hydrogen (secondary N) is 2. The molecule has 0 saturated carbocycles. The molecule has 1 amide bonds. The lowest BCUT2D eigenvalue weighted by Gasteiger charge is -2.26. The van der Waals surface area contributed by atoms with Crippen molar-refractivity contribution in [2.75, 3.05) is 39.4 Å². The van der Waals surface area contributed by atoms with Crippen LogP contribution in [0.3, 0.4) is 0 Å². The number of hydrogen-bond acceptors (Lipinski definition) is 5. The average Bonchev–Trinajstić information content (AvgIpc) is 3.52. The van der Waals surface area contributed by atoms with Crippen LogP contribution in [0.5, 0.6) is 0 Å². The van der Waals surface area contributed by atoms with E-state index in [9.17, 15) is 4.79 Å². The van der Waals surface area contributed by atoms with Crippen molar-refractivity contribution in [3.05, 3.63) is 59.2 Å². The Morgan fingerprint density at radius 1 is 1.20 bits per heavy atom. The predicted octanol–water partition coefficient (Wildman–Crippen LogP) is 3.14. The number of amides is 1. The second kappa shape index (κ2) is 8.43. The molecule has 2 N–H and O–H groups in total. The summed E-state index contributed by atoms with van der Waals surface area (Å²) in [6.07, 6.45) is 1.79. The number of ether oxygens (including phenoxy) is 1. The minimum absolute atomic E-state index is 0.111. The maximum atomic E-state index is 12.6. The summed E-state index contributed by atoms with van der Waals surface area (Å²) in [6.45, 7) is 4.80. The molecule has 1 aromatic carbocycles. The third-order valence-corrected chi connectivity index (χ3v) is 6.06. The quantitative estimate of drug-likeness (QED) is 0.502. The normalized spacial score (nSPS) is 14.9. The fraction of sp³-hybridized carbons (Fsp3) is 0.273. The first kappa shape index (κ1) is 19.0. The van der Waals surface area contributed by atoms with Crippen molar-refractivity contribution >= 4 is 28.4 Å². The van der Waals surface area contributed by atoms with Gasteiger partial charge in [0.1, 0.15) is 12.0 Å². The van der Waals surface area contributed by atoms with Gasteiger partial charge in [-0.1, -0.05) is 12.1 Å². The second-order valence-corrected chi connectivity index (χ2v) is 8.08. The number of hydrogen-bond donors (Lipinski definition) is 2. The van der Waals surface area contributed by atoms with E-state index >= 15 is 0 Å². The number of imidazole rings is 1. The summed E-state index contributed by atoms with van der Waals surface area (Å²) in [6, 6.07) is 12.3. The van der Waals surface area contributed by atoms with Gasteiger partial charge in [-0.3, -0.25) is 14.3 Å². The third-order valence-electron chi connectivity index (χ3n) is 5.38. The lowest BCUT2D eigenvalue weighted by atomic mass is 10.1. The number of carbonyl (C=O) groups is 1. The molecule has 1 fully saturated rings. The van der Waals surface area contributed by atoms with E-state index in [1.54, 1.807) is 17.7 Å². The Hall–Kier alpha value is -2.94. The van der Waals surface area contributed by atoms with Crippen LogP contribution in [0.2, 0.25) is 0 Å². The zero-order chi connectivity index (χ0) is 20.3. The first-order chi connectivity index (χ1) is 14.8. The molecule has 3 aromatic heterocycles. The molecule has 4 aromatic rings. The van der Waals surface area contributed by atoms with Crippen LogP contribution in [-0.4, -0.2) is 64.7 Å². The van der Waals surface area contributed by atoms with Crippen LogP contribution in [0.1, 0.15) is 10.5 Å². The van der Waals surface area contributed by atoms with Gasteiger partial charge in [0.25, 0.3) is 5.91 Å². The standard InChI is InChI=1S/C22H23N5O2S/c28-22(23-5-6-26-7-9-29-10-8-26)19-13-20-21(25-19)24-15-27(20)18-3-1-2-16(12-18)17-4-11-30-14-17/h1-4,11-15,25H,5-10H2,(H,23,28). The SMILES string of the molecule is O=C(NCCN1CCOCC1)c1cc2c(ncn2-c2cccc(-c3ccsc3)c2)[nH]1. The Kier molecular flexibility index (Phi) is 5.35. The molecule has 1 aliphatic rings. The first-order valence-corrected chi connectivity index (χ1v) is 11.0. The monoisotopic (exact) mass is 421 g/mol. The van der Waals surface area contributed by atoms with Gasteiger partial charge in [0.05, 0.1) is 18.7 Å². The smallest absolute Gasteiger partial charge is 0.267 e. The zero-order valence-corrected chi connectivity index (χ0v) is 17.3. The minimum Gasteiger partial charge on any atom is -0.379 e. The summed E-state index contributed by atoms with van der Waals surface area (Å²) >= 11 is 1.68. The Balaban J connectivity index is 1.31. The van der Waals surface area contributed by atoms with Gasteiger partial charge >= 0.3 is 0 Å². The molecule has 0 aliphatic carbocycles. The highest BCUT2D eigenvalue weighted by atomic mass is 32.1. The number of fused-ring (bicyclic) bond motifs is 1. The van der Waals surface area contributed by atoms with E-state index in [0.717, 1.165) is 49.6 Å². The molecule has 8 heteroatoms. The van der Waals surface area contributed by atoms with Crippen LogP contribution in [-0.2, 0) is 4.74 Å². The van der Waals surface area contributed by atoms with Crippen LogP contribution >= 0.6 is 11.3 Å². The molecule has 0 atom stereocenters. The number of nitrogens with zero attached hydrogens (tertiary/aromatic N) is 3. The first-order valence-electron chi connectivity index (χ1n) is 10.1. The number of H-pyrrole nitrogens is 1. The third kappa shape index (κ3) is 3.89. The van der Waals surface area contributed by atoms with E-state index in [-0.39, 0.29) is 5.91 Å². The fourth-order valence-corrected chi connectivity index (χ4v) is 4.40. The van der Waals surface area contributed by atoms with Crippen molar-refractivity contribution < 1.29 is 9.53 Å². The van der Waals surface area contributed by atoms with Gasteiger partial charge in [-0.15, -0.1) is 0 Å². The molecular formula is C22H23N5O2S. The molecule has 0 unspecified atom stereocenters. The van der Waals surface area contributed by atoms with Gasteiger partial charge in [-0.05, 0) is 46.2 Å². The van der Waals surface area contributed by atoms with Crippen molar-refractivity contribution in [1.29, 1.82) is 0 Å². The van der Waals surface area contributed by atoms with Crippen molar-refractivity contribution in [2.24, 2.45) is 0 Å². The van der Waals surface area contributed by atoms with Crippen molar-refractivity contribution in [2.45, 2.75) is 0 Å². The number of rotatable bonds is 6. The maximum Gasteiger partial charge on any atom is 0.267 e. The summed E-state index contributed by atoms with van der Waals surface area (Å²) in [5.74, 6) is -0.111. The van der Waals surface area contributed by atoms with Gasteiger partial charge in [-0.2, -0.15) is 11.3 Å². The molecule has 4 heterocycles. The lowest BCUT2D eigenvalue weighted by molar-refractivity contribution is 0.0383. The van der Waals surface area contributed by atoms with E-state index in [2.05, 4.69) is 49.1 Å². The van der Waals surface area contributed by atoms with Gasteiger partial charge in [0.15, 0.2) is 5.65 Å². The topological polar surface area (TPSA) is 75.2 Å². The molecule has 0 spiro atoms. The molecule has 30 heavy (non-hydrogen) atoms. The number of aromatic amines is 1. The average molecular weight is 422 g/mol. The lowest BCUT2D eigenvalue weighted by Crippen LogP contribution is -2.41. The van der Waals surface area contributed by atoms with E-state index < -0.39 is 0 Å². The number of benzene rings is 1. The van der Waals surface area contributed by atoms with Crippen molar-refractivity contribution in [3.63, 3.8) is 0 Å². The Bertz CT molecular complexity index is 1140. The van der Waals surface area contributed by atoms with E-state index in [1.165, 1.54) is 5.56 Å². The van der Waals surface area contributed by atoms with Gasteiger partial charge < -0.3 is 15.0 Å². The molecule has 1 aliphatic heterocycles. The molecule has 0 radical (unpaired) electrons. The van der Waals surface area contributed by atoms with Crippen LogP contribution in [0, 0.1) is 0 Å². The molecule has 154 valence electrons. The van der Waals surface area contributed by atoms with Gasteiger partial charge in [0.2, 0.25) is 0 Å². The molecular weight excluding hydrogens is 398 g/mol. The van der Waals surface area contributed by atoms with E-state index in [1.807, 2.05) is 22.8 Å². The number of thiophene rings is 1. The summed E-state index contributed by atoms with van der Waals surface area (Å²) in [5, 5.41) is 7.21. The summed E-state index contributed by atoms with van der Waals surface area (Å²) < 4.78 is 7.36. The maximum absolute atomic E-state index is 12.6. The predicted molar refractivity (Wildman–Crippen MR) is 118 cm³/mol. The van der Waals surface area contributed by atoms with Crippen LogP contribution < -0.4 is 5.32 Å². The molecule has 0 bridgehead atoms. The van der Waals surface area contributed by atoms with Crippen LogP contribution in [0.15, 0.2) is 53.5 Å². The highest BCUT2D eigenvalue weighted by Gasteiger charge is 2.15. The number of carbonyl (C=O) groups excluding carboxylic acids is 1. The largest absolute Gasteiger partial charge is 0.379 e. The minimum atomic E-state index is -0.111. The molecule has 1 saturated heterocycles. The van der Waals surface area contributed by atoms with Crippen LogP contribution in [0.4, 0.5) is 0 Å². The Labute approximate surface area is 178 Å². The second-order valence-electron chi connectivity index (χ2n) is 7.30. The summed E-state index contributed by atoms with van der Waals surface area (Å²) in [5.41, 5.74) is 5.49. The van der Waals surface area contributed by atoms with Gasteiger partial charge in [0, 0.05) is 31.9 Å². The Morgan fingerprint density at radius 2 is 2.10 bits per heavy atom. The van der Waals surface area contributed by atoms with E-state index in [0.29, 0.717) is 17.9 Å². The summed E-state index contributed by atoms with van der Waals surface area (Å²) in [7, 11) is 0. The van der Waals surface area contributed by atoms with Crippen LogP contribution in [0.25, 0.3) is 28.0 Å². The highest BCUT2D eigenvalue weighted by molar-refractivity contribution is 7.08. The van der Waals surface area contributed by atoms with E-state index in [4.69, 9.17) is 4.74 Å². The molecule has 5 rings (SSSR count). The highest BCUT2D eigenvalue weighted by Crippen LogP contribution is 2.26. The summed E-state index contributed by atoms with van der Waals surface area (Å²) in [4.78, 5) is 22.5. The van der Waals surface area contributed by atoms with Gasteiger partial charge in [-0.25, -0.2) is 4.98 Å². The fourth-order valence-electron chi connectivity index (χ4n) is 3.73. The molecule has 7 nitrogen and oxygen atoms in total. The Morgan fingerprint density at radius 3 is 2.93 bits per heavy atom. The van der Waals surface area contributed by atoms with Crippen molar-refractivity contribution in [1.82, 2.24) is 24.8 Å². The van der Waals surface area contributed by atoms with Crippen molar-refractivity contribution in [3.8, 4) is 16.8 Å². The number of aromatic nitrogens is 3.